The third-order valence-corrected chi connectivity index (χ3v) is 8.14. The molecule has 0 spiro atoms. The molecule has 10 nitrogen and oxygen atoms in total. The van der Waals surface area contributed by atoms with Gasteiger partial charge in [0.2, 0.25) is 0 Å². The first-order valence-corrected chi connectivity index (χ1v) is 13.2. The van der Waals surface area contributed by atoms with Crippen LogP contribution in [0.2, 0.25) is 0 Å². The number of nitrogens with one attached hydrogen (secondary N) is 2. The van der Waals surface area contributed by atoms with Gasteiger partial charge < -0.3 is 19.7 Å². The number of amides is 2. The van der Waals surface area contributed by atoms with Crippen LogP contribution in [0.4, 0.5) is 19.9 Å². The zero-order chi connectivity index (χ0) is 26.7. The fourth-order valence-electron chi connectivity index (χ4n) is 3.82. The third-order valence-electron chi connectivity index (χ3n) is 5.61. The Hall–Kier alpha value is -3.97. The molecule has 13 heteroatoms. The highest BCUT2D eigenvalue weighted by Gasteiger charge is 2.31. The fourth-order valence-corrected chi connectivity index (χ4v) is 6.12. The van der Waals surface area contributed by atoms with Crippen molar-refractivity contribution in [2.75, 3.05) is 30.8 Å². The van der Waals surface area contributed by atoms with Gasteiger partial charge in [0, 0.05) is 22.7 Å². The molecule has 0 atom stereocenters. The van der Waals surface area contributed by atoms with E-state index in [1.165, 1.54) is 43.4 Å². The maximum Gasteiger partial charge on any atom is 0.409 e. The molecule has 0 fully saturated rings. The maximum absolute atomic E-state index is 13.2. The number of anilines is 2. The average Bonchev–Trinajstić information content (AvgIpc) is 3.24. The topological polar surface area (TPSA) is 131 Å². The number of carbonyl (C=O) groups excluding carboxylic acids is 3. The number of hydrogen-bond acceptors (Lipinski definition) is 8. The van der Waals surface area contributed by atoms with Gasteiger partial charge in [-0.05, 0) is 54.4 Å². The lowest BCUT2D eigenvalue weighted by atomic mass is 10.0. The van der Waals surface area contributed by atoms with Crippen molar-refractivity contribution in [3.05, 3.63) is 75.9 Å². The number of halogens is 1. The van der Waals surface area contributed by atoms with Crippen LogP contribution in [0.25, 0.3) is 0 Å². The second-order valence-electron chi connectivity index (χ2n) is 7.94. The largest absolute Gasteiger partial charge is 0.465 e. The SMILES string of the molecule is COC(=O)c1c(NC(=O)c2cccc(NS(=O)(=O)c3ccc(F)cc3)c2)sc2c1CCN(C(=O)OC)C2. The second kappa shape index (κ2) is 10.6. The molecule has 1 aromatic heterocycles. The van der Waals surface area contributed by atoms with Gasteiger partial charge in [-0.1, -0.05) is 6.07 Å². The number of fused-ring (bicyclic) bond motifs is 1. The summed E-state index contributed by atoms with van der Waals surface area (Å²) in [7, 11) is -1.50. The Morgan fingerprint density at radius 2 is 1.78 bits per heavy atom. The van der Waals surface area contributed by atoms with Crippen LogP contribution in [0.5, 0.6) is 0 Å². The summed E-state index contributed by atoms with van der Waals surface area (Å²) in [5.74, 6) is -1.78. The number of hydrogen-bond donors (Lipinski definition) is 2. The maximum atomic E-state index is 13.2. The second-order valence-corrected chi connectivity index (χ2v) is 10.7. The van der Waals surface area contributed by atoms with E-state index >= 15 is 0 Å². The van der Waals surface area contributed by atoms with Crippen molar-refractivity contribution in [2.45, 2.75) is 17.9 Å². The van der Waals surface area contributed by atoms with Crippen LogP contribution in [0.1, 0.15) is 31.2 Å². The van der Waals surface area contributed by atoms with Crippen molar-refractivity contribution < 1.29 is 36.7 Å². The van der Waals surface area contributed by atoms with Crippen LogP contribution >= 0.6 is 11.3 Å². The molecule has 0 saturated carbocycles. The quantitative estimate of drug-likeness (QED) is 0.448. The molecule has 4 rings (SSSR count). The Morgan fingerprint density at radius 1 is 1.05 bits per heavy atom. The number of esters is 1. The number of methoxy groups -OCH3 is 2. The van der Waals surface area contributed by atoms with E-state index in [0.717, 1.165) is 35.6 Å². The van der Waals surface area contributed by atoms with Crippen molar-refractivity contribution >= 4 is 50.0 Å². The smallest absolute Gasteiger partial charge is 0.409 e. The molecule has 0 bridgehead atoms. The zero-order valence-corrected chi connectivity index (χ0v) is 21.4. The summed E-state index contributed by atoms with van der Waals surface area (Å²) in [6.07, 6.45) is -0.119. The summed E-state index contributed by atoms with van der Waals surface area (Å²) in [5, 5.41) is 2.97. The molecule has 0 unspecified atom stereocenters. The molecule has 1 aliphatic rings. The minimum absolute atomic E-state index is 0.115. The van der Waals surface area contributed by atoms with Crippen molar-refractivity contribution in [3.63, 3.8) is 0 Å². The van der Waals surface area contributed by atoms with Gasteiger partial charge in [-0.15, -0.1) is 11.3 Å². The van der Waals surface area contributed by atoms with Crippen LogP contribution in [0.3, 0.4) is 0 Å². The van der Waals surface area contributed by atoms with Crippen molar-refractivity contribution in [1.82, 2.24) is 4.90 Å². The van der Waals surface area contributed by atoms with Crippen LogP contribution in [-0.4, -0.2) is 52.1 Å². The lowest BCUT2D eigenvalue weighted by molar-refractivity contribution is 0.0600. The highest BCUT2D eigenvalue weighted by molar-refractivity contribution is 7.92. The van der Waals surface area contributed by atoms with E-state index in [1.807, 2.05) is 0 Å². The molecule has 1 aliphatic heterocycles. The van der Waals surface area contributed by atoms with E-state index in [0.29, 0.717) is 23.4 Å². The molecule has 0 radical (unpaired) electrons. The van der Waals surface area contributed by atoms with E-state index in [9.17, 15) is 27.2 Å². The summed E-state index contributed by atoms with van der Waals surface area (Å²) in [5.41, 5.74) is 1.14. The highest BCUT2D eigenvalue weighted by Crippen LogP contribution is 2.38. The monoisotopic (exact) mass is 547 g/mol. The van der Waals surface area contributed by atoms with E-state index in [4.69, 9.17) is 9.47 Å². The number of sulfonamides is 1. The van der Waals surface area contributed by atoms with Gasteiger partial charge in [0.15, 0.2) is 0 Å². The molecule has 37 heavy (non-hydrogen) atoms. The molecule has 2 aromatic carbocycles. The van der Waals surface area contributed by atoms with E-state index in [1.54, 1.807) is 0 Å². The van der Waals surface area contributed by atoms with E-state index in [-0.39, 0.29) is 33.3 Å². The van der Waals surface area contributed by atoms with Crippen LogP contribution < -0.4 is 10.0 Å². The van der Waals surface area contributed by atoms with Gasteiger partial charge in [-0.2, -0.15) is 0 Å². The summed E-state index contributed by atoms with van der Waals surface area (Å²) >= 11 is 1.15. The summed E-state index contributed by atoms with van der Waals surface area (Å²) in [6, 6.07) is 10.1. The predicted molar refractivity (Wildman–Crippen MR) is 134 cm³/mol. The van der Waals surface area contributed by atoms with E-state index in [2.05, 4.69) is 10.0 Å². The first kappa shape index (κ1) is 26.1. The summed E-state index contributed by atoms with van der Waals surface area (Å²) < 4.78 is 50.5. The Labute approximate surface area is 216 Å². The molecule has 2 heterocycles. The first-order valence-electron chi connectivity index (χ1n) is 10.9. The van der Waals surface area contributed by atoms with Gasteiger partial charge in [-0.3, -0.25) is 9.52 Å². The lowest BCUT2D eigenvalue weighted by Gasteiger charge is -2.25. The molecule has 194 valence electrons. The zero-order valence-electron chi connectivity index (χ0n) is 19.7. The molecular weight excluding hydrogens is 525 g/mol. The molecule has 2 amide bonds. The molecule has 0 aliphatic carbocycles. The number of thiophene rings is 1. The Bertz CT molecular complexity index is 1470. The van der Waals surface area contributed by atoms with Gasteiger partial charge in [0.25, 0.3) is 15.9 Å². The van der Waals surface area contributed by atoms with Crippen molar-refractivity contribution in [3.8, 4) is 0 Å². The van der Waals surface area contributed by atoms with Gasteiger partial charge in [-0.25, -0.2) is 22.4 Å². The number of carbonyl (C=O) groups is 3. The van der Waals surface area contributed by atoms with Crippen molar-refractivity contribution in [2.24, 2.45) is 0 Å². The lowest BCUT2D eigenvalue weighted by Crippen LogP contribution is -2.35. The van der Waals surface area contributed by atoms with Gasteiger partial charge in [0.1, 0.15) is 10.8 Å². The summed E-state index contributed by atoms with van der Waals surface area (Å²) in [6.45, 7) is 0.553. The fraction of sp³-hybridized carbons (Fsp3) is 0.208. The molecule has 2 N–H and O–H groups in total. The number of nitrogens with zero attached hydrogens (tertiary/aromatic N) is 1. The average molecular weight is 548 g/mol. The molecular formula is C24H22FN3O7S2. The van der Waals surface area contributed by atoms with Crippen molar-refractivity contribution in [1.29, 1.82) is 0 Å². The first-order chi connectivity index (χ1) is 17.6. The van der Waals surface area contributed by atoms with Crippen LogP contribution in [0.15, 0.2) is 53.4 Å². The van der Waals surface area contributed by atoms with E-state index < -0.39 is 33.8 Å². The predicted octanol–water partition coefficient (Wildman–Crippen LogP) is 3.85. The van der Waals surface area contributed by atoms with Crippen LogP contribution in [0, 0.1) is 5.82 Å². The minimum Gasteiger partial charge on any atom is -0.465 e. The third kappa shape index (κ3) is 5.57. The number of benzene rings is 2. The standard InChI is InChI=1S/C24H22FN3O7S2/c1-34-23(30)20-18-10-11-28(24(31)35-2)13-19(18)36-22(20)26-21(29)14-4-3-5-16(12-14)27-37(32,33)17-8-6-15(25)7-9-17/h3-9,12,27H,10-11,13H2,1-2H3,(H,26,29). The Morgan fingerprint density at radius 3 is 2.46 bits per heavy atom. The minimum atomic E-state index is -4.02. The highest BCUT2D eigenvalue weighted by atomic mass is 32.2. The van der Waals surface area contributed by atoms with Crippen LogP contribution in [-0.2, 0) is 32.5 Å². The van der Waals surface area contributed by atoms with Gasteiger partial charge >= 0.3 is 12.1 Å². The van der Waals surface area contributed by atoms with Gasteiger partial charge in [0.05, 0.1) is 31.2 Å². The number of rotatable bonds is 6. The normalized spacial score (nSPS) is 12.9. The molecule has 0 saturated heterocycles. The Balaban J connectivity index is 1.57. The summed E-state index contributed by atoms with van der Waals surface area (Å²) in [4.78, 5) is 39.6. The number of ether oxygens (including phenoxy) is 2. The Kier molecular flexibility index (Phi) is 7.45. The molecule has 3 aromatic rings.